The quantitative estimate of drug-likeness (QED) is 0.668. The summed E-state index contributed by atoms with van der Waals surface area (Å²) in [6.45, 7) is 5.58. The predicted molar refractivity (Wildman–Crippen MR) is 91.1 cm³/mol. The van der Waals surface area contributed by atoms with Crippen molar-refractivity contribution in [3.8, 4) is 5.75 Å². The highest BCUT2D eigenvalue weighted by molar-refractivity contribution is 8.00. The van der Waals surface area contributed by atoms with E-state index in [1.807, 2.05) is 19.1 Å². The Bertz CT molecular complexity index is 500. The lowest BCUT2D eigenvalue weighted by molar-refractivity contribution is 0.340. The van der Waals surface area contributed by atoms with Crippen molar-refractivity contribution in [2.45, 2.75) is 19.9 Å². The van der Waals surface area contributed by atoms with Gasteiger partial charge in [-0.25, -0.2) is 8.42 Å². The first kappa shape index (κ1) is 18.3. The summed E-state index contributed by atoms with van der Waals surface area (Å²) in [7, 11) is -2.87. The lowest BCUT2D eigenvalue weighted by Gasteiger charge is -2.18. The standard InChI is InChI=1S/C15H25NO3S2/c1-4-16-15(12-20-10-11-21(3,17)18)13-6-8-14(9-7-13)19-5-2/h6-9,15-16H,4-5,10-12H2,1-3H3. The number of hydrogen-bond acceptors (Lipinski definition) is 5. The zero-order chi connectivity index (χ0) is 15.7. The van der Waals surface area contributed by atoms with E-state index in [1.165, 1.54) is 11.8 Å². The zero-order valence-electron chi connectivity index (χ0n) is 13.0. The van der Waals surface area contributed by atoms with Gasteiger partial charge in [0.05, 0.1) is 12.4 Å². The maximum absolute atomic E-state index is 11.1. The molecule has 1 N–H and O–H groups in total. The van der Waals surface area contributed by atoms with Crippen LogP contribution in [0.25, 0.3) is 0 Å². The highest BCUT2D eigenvalue weighted by Crippen LogP contribution is 2.21. The van der Waals surface area contributed by atoms with Crippen LogP contribution < -0.4 is 10.1 Å². The maximum Gasteiger partial charge on any atom is 0.148 e. The molecule has 6 heteroatoms. The van der Waals surface area contributed by atoms with Crippen molar-refractivity contribution < 1.29 is 13.2 Å². The number of benzene rings is 1. The van der Waals surface area contributed by atoms with Crippen LogP contribution in [-0.2, 0) is 9.84 Å². The molecule has 1 atom stereocenters. The van der Waals surface area contributed by atoms with E-state index in [4.69, 9.17) is 4.74 Å². The smallest absolute Gasteiger partial charge is 0.148 e. The summed E-state index contributed by atoms with van der Waals surface area (Å²) < 4.78 is 27.7. The first-order chi connectivity index (χ1) is 9.96. The fraction of sp³-hybridized carbons (Fsp3) is 0.600. The van der Waals surface area contributed by atoms with Crippen LogP contribution in [0.3, 0.4) is 0 Å². The van der Waals surface area contributed by atoms with Crippen molar-refractivity contribution in [1.29, 1.82) is 0 Å². The van der Waals surface area contributed by atoms with E-state index in [1.54, 1.807) is 11.8 Å². The Labute approximate surface area is 132 Å². The fourth-order valence-electron chi connectivity index (χ4n) is 1.89. The lowest BCUT2D eigenvalue weighted by atomic mass is 10.1. The van der Waals surface area contributed by atoms with Gasteiger partial charge in [0.1, 0.15) is 15.6 Å². The molecule has 0 bridgehead atoms. The van der Waals surface area contributed by atoms with Crippen LogP contribution in [0, 0.1) is 0 Å². The first-order valence-corrected chi connectivity index (χ1v) is 10.4. The van der Waals surface area contributed by atoms with E-state index in [0.717, 1.165) is 18.0 Å². The molecule has 0 heterocycles. The number of nitrogens with one attached hydrogen (secondary N) is 1. The monoisotopic (exact) mass is 331 g/mol. The van der Waals surface area contributed by atoms with Crippen LogP contribution in [0.1, 0.15) is 25.5 Å². The molecule has 0 amide bonds. The van der Waals surface area contributed by atoms with Crippen molar-refractivity contribution in [1.82, 2.24) is 5.32 Å². The third-order valence-electron chi connectivity index (χ3n) is 2.93. The van der Waals surface area contributed by atoms with Crippen LogP contribution >= 0.6 is 11.8 Å². The van der Waals surface area contributed by atoms with Crippen molar-refractivity contribution in [2.24, 2.45) is 0 Å². The molecule has 0 fully saturated rings. The SMILES string of the molecule is CCNC(CSCCS(C)(=O)=O)c1ccc(OCC)cc1. The molecule has 0 aliphatic heterocycles. The van der Waals surface area contributed by atoms with E-state index in [-0.39, 0.29) is 11.8 Å². The van der Waals surface area contributed by atoms with Gasteiger partial charge < -0.3 is 10.1 Å². The van der Waals surface area contributed by atoms with Gasteiger partial charge in [0.2, 0.25) is 0 Å². The van der Waals surface area contributed by atoms with Gasteiger partial charge in [-0.05, 0) is 31.2 Å². The Kier molecular flexibility index (Phi) is 8.14. The number of rotatable bonds is 10. The molecule has 1 aromatic rings. The molecule has 0 saturated carbocycles. The second-order valence-corrected chi connectivity index (χ2v) is 8.23. The summed E-state index contributed by atoms with van der Waals surface area (Å²) >= 11 is 1.66. The highest BCUT2D eigenvalue weighted by Gasteiger charge is 2.11. The molecule has 0 saturated heterocycles. The van der Waals surface area contributed by atoms with Gasteiger partial charge in [-0.15, -0.1) is 0 Å². The third-order valence-corrected chi connectivity index (χ3v) is 5.19. The summed E-state index contributed by atoms with van der Waals surface area (Å²) in [5.74, 6) is 2.61. The van der Waals surface area contributed by atoms with E-state index >= 15 is 0 Å². The molecule has 0 spiro atoms. The van der Waals surface area contributed by atoms with Gasteiger partial charge in [-0.2, -0.15) is 11.8 Å². The Hall–Kier alpha value is -0.720. The average Bonchev–Trinajstić information content (AvgIpc) is 2.42. The number of ether oxygens (including phenoxy) is 1. The lowest BCUT2D eigenvalue weighted by Crippen LogP contribution is -2.23. The van der Waals surface area contributed by atoms with Crippen molar-refractivity contribution in [2.75, 3.05) is 36.7 Å². The largest absolute Gasteiger partial charge is 0.494 e. The molecular weight excluding hydrogens is 306 g/mol. The van der Waals surface area contributed by atoms with Gasteiger partial charge >= 0.3 is 0 Å². The van der Waals surface area contributed by atoms with Crippen LogP contribution in [0.5, 0.6) is 5.75 Å². The Morgan fingerprint density at radius 3 is 2.43 bits per heavy atom. The van der Waals surface area contributed by atoms with Crippen molar-refractivity contribution >= 4 is 21.6 Å². The van der Waals surface area contributed by atoms with Crippen molar-refractivity contribution in [3.05, 3.63) is 29.8 Å². The Morgan fingerprint density at radius 2 is 1.90 bits per heavy atom. The molecule has 4 nitrogen and oxygen atoms in total. The zero-order valence-corrected chi connectivity index (χ0v) is 14.6. The maximum atomic E-state index is 11.1. The van der Waals surface area contributed by atoms with E-state index in [2.05, 4.69) is 24.4 Å². The van der Waals surface area contributed by atoms with Gasteiger partial charge in [0, 0.05) is 23.8 Å². The summed E-state index contributed by atoms with van der Waals surface area (Å²) in [6, 6.07) is 8.31. The Morgan fingerprint density at radius 1 is 1.24 bits per heavy atom. The second kappa shape index (κ2) is 9.33. The molecule has 120 valence electrons. The minimum absolute atomic E-state index is 0.232. The topological polar surface area (TPSA) is 55.4 Å². The van der Waals surface area contributed by atoms with Gasteiger partial charge in [0.25, 0.3) is 0 Å². The molecule has 1 aromatic carbocycles. The molecular formula is C15H25NO3S2. The van der Waals surface area contributed by atoms with E-state index in [9.17, 15) is 8.42 Å². The third kappa shape index (κ3) is 7.74. The second-order valence-electron chi connectivity index (χ2n) is 4.82. The van der Waals surface area contributed by atoms with Crippen LogP contribution in [-0.4, -0.2) is 45.1 Å². The normalized spacial score (nSPS) is 13.1. The molecule has 1 rings (SSSR count). The summed E-state index contributed by atoms with van der Waals surface area (Å²) in [5, 5.41) is 3.44. The summed E-state index contributed by atoms with van der Waals surface area (Å²) in [4.78, 5) is 0. The highest BCUT2D eigenvalue weighted by atomic mass is 32.2. The molecule has 0 aliphatic rings. The molecule has 21 heavy (non-hydrogen) atoms. The average molecular weight is 332 g/mol. The first-order valence-electron chi connectivity index (χ1n) is 7.18. The fourth-order valence-corrected chi connectivity index (χ4v) is 4.29. The van der Waals surface area contributed by atoms with Crippen LogP contribution in [0.15, 0.2) is 24.3 Å². The van der Waals surface area contributed by atoms with E-state index < -0.39 is 9.84 Å². The van der Waals surface area contributed by atoms with Crippen LogP contribution in [0.4, 0.5) is 0 Å². The van der Waals surface area contributed by atoms with Gasteiger partial charge in [-0.1, -0.05) is 19.1 Å². The molecule has 0 aliphatic carbocycles. The Balaban J connectivity index is 2.55. The minimum Gasteiger partial charge on any atom is -0.494 e. The predicted octanol–water partition coefficient (Wildman–Crippen LogP) is 2.51. The number of sulfone groups is 1. The van der Waals surface area contributed by atoms with Crippen molar-refractivity contribution in [3.63, 3.8) is 0 Å². The van der Waals surface area contributed by atoms with Crippen LogP contribution in [0.2, 0.25) is 0 Å². The van der Waals surface area contributed by atoms with Gasteiger partial charge in [-0.3, -0.25) is 0 Å². The molecule has 0 radical (unpaired) electrons. The summed E-state index contributed by atoms with van der Waals surface area (Å²) in [6.07, 6.45) is 1.28. The minimum atomic E-state index is -2.87. The molecule has 1 unspecified atom stereocenters. The summed E-state index contributed by atoms with van der Waals surface area (Å²) in [5.41, 5.74) is 1.20. The van der Waals surface area contributed by atoms with E-state index in [0.29, 0.717) is 12.4 Å². The number of hydrogen-bond donors (Lipinski definition) is 1. The number of thioether (sulfide) groups is 1. The van der Waals surface area contributed by atoms with Gasteiger partial charge in [0.15, 0.2) is 0 Å². The molecule has 0 aromatic heterocycles.